The van der Waals surface area contributed by atoms with Crippen molar-refractivity contribution in [3.05, 3.63) is 64.7 Å². The number of ether oxygens (including phenoxy) is 1. The molecule has 1 saturated carbocycles. The van der Waals surface area contributed by atoms with Crippen LogP contribution in [0.3, 0.4) is 0 Å². The summed E-state index contributed by atoms with van der Waals surface area (Å²) in [6, 6.07) is 16.0. The molecule has 2 aromatic carbocycles. The lowest BCUT2D eigenvalue weighted by molar-refractivity contribution is -0.121. The van der Waals surface area contributed by atoms with Gasteiger partial charge in [0.05, 0.1) is 7.11 Å². The highest BCUT2D eigenvalue weighted by Gasteiger charge is 2.38. The van der Waals surface area contributed by atoms with Crippen molar-refractivity contribution in [3.63, 3.8) is 0 Å². The van der Waals surface area contributed by atoms with Crippen LogP contribution in [0, 0.1) is 0 Å². The summed E-state index contributed by atoms with van der Waals surface area (Å²) in [5.41, 5.74) is 2.09. The number of halogens is 1. The number of methoxy groups -OCH3 is 1. The minimum absolute atomic E-state index is 0.244. The molecule has 2 aromatic rings. The second-order valence-electron chi connectivity index (χ2n) is 5.89. The van der Waals surface area contributed by atoms with E-state index in [0.29, 0.717) is 18.6 Å². The molecule has 0 amide bonds. The van der Waals surface area contributed by atoms with Crippen LogP contribution in [0.4, 0.5) is 0 Å². The Morgan fingerprint density at radius 2 is 1.59 bits per heavy atom. The molecule has 0 spiro atoms. The molecule has 3 rings (SSSR count). The largest absolute Gasteiger partial charge is 0.497 e. The maximum atomic E-state index is 12.2. The number of benzene rings is 2. The van der Waals surface area contributed by atoms with Crippen molar-refractivity contribution in [2.75, 3.05) is 7.11 Å². The third-order valence-electron chi connectivity index (χ3n) is 4.60. The van der Waals surface area contributed by atoms with Crippen LogP contribution in [0.15, 0.2) is 48.5 Å². The fourth-order valence-corrected chi connectivity index (χ4v) is 3.57. The fourth-order valence-electron chi connectivity index (χ4n) is 3.44. The van der Waals surface area contributed by atoms with Crippen LogP contribution in [-0.4, -0.2) is 12.9 Å². The first kappa shape index (κ1) is 15.1. The average molecular weight is 315 g/mol. The van der Waals surface area contributed by atoms with Gasteiger partial charge in [0.25, 0.3) is 0 Å². The first-order valence-electron chi connectivity index (χ1n) is 7.56. The van der Waals surface area contributed by atoms with Crippen molar-refractivity contribution in [1.29, 1.82) is 0 Å². The van der Waals surface area contributed by atoms with Crippen LogP contribution in [0.1, 0.15) is 36.8 Å². The lowest BCUT2D eigenvalue weighted by Gasteiger charge is -2.38. The van der Waals surface area contributed by atoms with Gasteiger partial charge >= 0.3 is 0 Å². The molecule has 0 heterocycles. The van der Waals surface area contributed by atoms with Crippen molar-refractivity contribution in [2.45, 2.75) is 31.1 Å². The summed E-state index contributed by atoms with van der Waals surface area (Å²) >= 11 is 6.03. The van der Waals surface area contributed by atoms with Crippen LogP contribution in [0.2, 0.25) is 5.02 Å². The SMILES string of the molecule is COc1ccc([C@@]2(c3ccc(Cl)cc3)CCCC(=O)C2)cc1. The number of carbonyl (C=O) groups is 1. The van der Waals surface area contributed by atoms with E-state index in [-0.39, 0.29) is 5.41 Å². The normalized spacial score (nSPS) is 21.6. The highest BCUT2D eigenvalue weighted by Crippen LogP contribution is 2.44. The molecule has 0 N–H and O–H groups in total. The predicted octanol–water partition coefficient (Wildman–Crippen LogP) is 4.78. The van der Waals surface area contributed by atoms with Gasteiger partial charge < -0.3 is 4.74 Å². The van der Waals surface area contributed by atoms with Gasteiger partial charge in [0.15, 0.2) is 0 Å². The average Bonchev–Trinajstić information content (AvgIpc) is 2.55. The number of ketones is 1. The molecule has 114 valence electrons. The molecule has 1 fully saturated rings. The number of Topliss-reactive ketones (excluding diaryl/α,β-unsaturated/α-hetero) is 1. The highest BCUT2D eigenvalue weighted by molar-refractivity contribution is 6.30. The van der Waals surface area contributed by atoms with Gasteiger partial charge in [0.2, 0.25) is 0 Å². The summed E-state index contributed by atoms with van der Waals surface area (Å²) in [5, 5.41) is 0.718. The Morgan fingerprint density at radius 1 is 1.00 bits per heavy atom. The van der Waals surface area contributed by atoms with Gasteiger partial charge in [-0.15, -0.1) is 0 Å². The van der Waals surface area contributed by atoms with E-state index in [1.165, 1.54) is 5.56 Å². The van der Waals surface area contributed by atoms with Crippen molar-refractivity contribution in [3.8, 4) is 5.75 Å². The monoisotopic (exact) mass is 314 g/mol. The van der Waals surface area contributed by atoms with E-state index in [2.05, 4.69) is 12.1 Å². The van der Waals surface area contributed by atoms with Crippen LogP contribution in [-0.2, 0) is 10.2 Å². The first-order chi connectivity index (χ1) is 10.6. The molecule has 0 aliphatic heterocycles. The molecular formula is C19H19ClO2. The summed E-state index contributed by atoms with van der Waals surface area (Å²) < 4.78 is 5.25. The van der Waals surface area contributed by atoms with Gasteiger partial charge in [-0.25, -0.2) is 0 Å². The second-order valence-corrected chi connectivity index (χ2v) is 6.32. The maximum absolute atomic E-state index is 12.2. The van der Waals surface area contributed by atoms with Crippen molar-refractivity contribution >= 4 is 17.4 Å². The quantitative estimate of drug-likeness (QED) is 0.815. The summed E-state index contributed by atoms with van der Waals surface area (Å²) in [7, 11) is 1.66. The summed E-state index contributed by atoms with van der Waals surface area (Å²) in [5.74, 6) is 1.16. The third-order valence-corrected chi connectivity index (χ3v) is 4.85. The Kier molecular flexibility index (Phi) is 4.21. The Bertz CT molecular complexity index is 661. The molecule has 3 heteroatoms. The van der Waals surface area contributed by atoms with E-state index in [9.17, 15) is 4.79 Å². The molecule has 22 heavy (non-hydrogen) atoms. The van der Waals surface area contributed by atoms with Crippen LogP contribution in [0.5, 0.6) is 5.75 Å². The Morgan fingerprint density at radius 3 is 2.14 bits per heavy atom. The van der Waals surface area contributed by atoms with Gasteiger partial charge in [-0.1, -0.05) is 35.9 Å². The lowest BCUT2D eigenvalue weighted by Crippen LogP contribution is -2.34. The van der Waals surface area contributed by atoms with E-state index in [0.717, 1.165) is 29.2 Å². The minimum Gasteiger partial charge on any atom is -0.497 e. The molecular weight excluding hydrogens is 296 g/mol. The van der Waals surface area contributed by atoms with E-state index >= 15 is 0 Å². The predicted molar refractivity (Wildman–Crippen MR) is 88.7 cm³/mol. The zero-order chi connectivity index (χ0) is 15.6. The molecule has 0 radical (unpaired) electrons. The molecule has 1 aliphatic rings. The maximum Gasteiger partial charge on any atom is 0.134 e. The number of hydrogen-bond donors (Lipinski definition) is 0. The second kappa shape index (κ2) is 6.13. The molecule has 0 aromatic heterocycles. The number of rotatable bonds is 3. The van der Waals surface area contributed by atoms with E-state index < -0.39 is 0 Å². The van der Waals surface area contributed by atoms with Gasteiger partial charge in [0.1, 0.15) is 11.5 Å². The lowest BCUT2D eigenvalue weighted by atomic mass is 9.65. The first-order valence-corrected chi connectivity index (χ1v) is 7.94. The molecule has 1 aliphatic carbocycles. The molecule has 1 atom stereocenters. The van der Waals surface area contributed by atoms with Gasteiger partial charge in [-0.05, 0) is 48.2 Å². The van der Waals surface area contributed by atoms with Crippen molar-refractivity contribution in [1.82, 2.24) is 0 Å². The molecule has 0 bridgehead atoms. The summed E-state index contributed by atoms with van der Waals surface area (Å²) in [6.45, 7) is 0. The molecule has 0 saturated heterocycles. The summed E-state index contributed by atoms with van der Waals surface area (Å²) in [6.07, 6.45) is 3.15. The Hall–Kier alpha value is -1.80. The molecule has 2 nitrogen and oxygen atoms in total. The Balaban J connectivity index is 2.09. The van der Waals surface area contributed by atoms with Gasteiger partial charge in [-0.2, -0.15) is 0 Å². The number of hydrogen-bond acceptors (Lipinski definition) is 2. The van der Waals surface area contributed by atoms with Gasteiger partial charge in [-0.3, -0.25) is 4.79 Å². The standard InChI is InChI=1S/C19H19ClO2/c1-22-18-10-6-15(7-11-18)19(12-2-3-17(21)13-19)14-4-8-16(20)9-5-14/h4-11H,2-3,12-13H2,1H3/t19-/m0/s1. The van der Waals surface area contributed by atoms with Gasteiger partial charge in [0, 0.05) is 23.3 Å². The minimum atomic E-state index is -0.244. The van der Waals surface area contributed by atoms with Crippen LogP contribution >= 0.6 is 11.6 Å². The number of carbonyl (C=O) groups excluding carboxylic acids is 1. The van der Waals surface area contributed by atoms with E-state index in [4.69, 9.17) is 16.3 Å². The van der Waals surface area contributed by atoms with Crippen LogP contribution in [0.25, 0.3) is 0 Å². The van der Waals surface area contributed by atoms with Crippen molar-refractivity contribution < 1.29 is 9.53 Å². The van der Waals surface area contributed by atoms with Crippen molar-refractivity contribution in [2.24, 2.45) is 0 Å². The van der Waals surface area contributed by atoms with Crippen LogP contribution < -0.4 is 4.74 Å². The third kappa shape index (κ3) is 2.76. The Labute approximate surface area is 136 Å². The summed E-state index contributed by atoms with van der Waals surface area (Å²) in [4.78, 5) is 12.2. The zero-order valence-electron chi connectivity index (χ0n) is 12.6. The van der Waals surface area contributed by atoms with E-state index in [1.54, 1.807) is 7.11 Å². The highest BCUT2D eigenvalue weighted by atomic mass is 35.5. The molecule has 0 unspecified atom stereocenters. The smallest absolute Gasteiger partial charge is 0.134 e. The van der Waals surface area contributed by atoms with E-state index in [1.807, 2.05) is 36.4 Å². The fraction of sp³-hybridized carbons (Fsp3) is 0.316. The topological polar surface area (TPSA) is 26.3 Å². The zero-order valence-corrected chi connectivity index (χ0v) is 13.4.